The van der Waals surface area contributed by atoms with E-state index in [0.717, 1.165) is 14.9 Å². The lowest BCUT2D eigenvalue weighted by Crippen LogP contribution is -2.05. The highest BCUT2D eigenvalue weighted by Crippen LogP contribution is 2.21. The first-order chi connectivity index (χ1) is 8.69. The Morgan fingerprint density at radius 2 is 2.06 bits per heavy atom. The van der Waals surface area contributed by atoms with Gasteiger partial charge in [0.05, 0.1) is 7.11 Å². The molecule has 3 N–H and O–H groups in total. The van der Waals surface area contributed by atoms with Gasteiger partial charge in [-0.05, 0) is 40.8 Å². The molecule has 18 heavy (non-hydrogen) atoms. The summed E-state index contributed by atoms with van der Waals surface area (Å²) in [5, 5.41) is 3.13. The minimum atomic E-state index is 0.564. The molecule has 0 saturated carbocycles. The van der Waals surface area contributed by atoms with Crippen LogP contribution < -0.4 is 15.8 Å². The van der Waals surface area contributed by atoms with Crippen LogP contribution in [0.4, 0.5) is 11.6 Å². The Labute approximate surface area is 119 Å². The standard InChI is InChI=1S/C12H13IN4O/c1-18-11-3-2-10(14)4-8(11)5-15-12-16-6-9(13)7-17-12/h2-4,6-7H,5,14H2,1H3,(H,15,16,17). The first-order valence-corrected chi connectivity index (χ1v) is 6.40. The van der Waals surface area contributed by atoms with Crippen LogP contribution in [0.25, 0.3) is 0 Å². The van der Waals surface area contributed by atoms with E-state index in [1.807, 2.05) is 18.2 Å². The van der Waals surface area contributed by atoms with Gasteiger partial charge < -0.3 is 15.8 Å². The molecule has 2 rings (SSSR count). The summed E-state index contributed by atoms with van der Waals surface area (Å²) in [7, 11) is 1.64. The molecule has 2 aromatic rings. The quantitative estimate of drug-likeness (QED) is 0.650. The van der Waals surface area contributed by atoms with Gasteiger partial charge in [0, 0.05) is 33.8 Å². The summed E-state index contributed by atoms with van der Waals surface area (Å²) in [4.78, 5) is 8.34. The molecule has 0 radical (unpaired) electrons. The van der Waals surface area contributed by atoms with Crippen LogP contribution in [0.3, 0.4) is 0 Å². The smallest absolute Gasteiger partial charge is 0.222 e. The van der Waals surface area contributed by atoms with Crippen LogP contribution in [0, 0.1) is 3.57 Å². The van der Waals surface area contributed by atoms with Crippen LogP contribution in [-0.4, -0.2) is 17.1 Å². The van der Waals surface area contributed by atoms with Crippen molar-refractivity contribution in [3.05, 3.63) is 39.7 Å². The first kappa shape index (κ1) is 12.9. The molecule has 0 fully saturated rings. The van der Waals surface area contributed by atoms with Crippen molar-refractivity contribution >= 4 is 34.2 Å². The van der Waals surface area contributed by atoms with Crippen LogP contribution in [-0.2, 0) is 6.54 Å². The van der Waals surface area contributed by atoms with E-state index < -0.39 is 0 Å². The van der Waals surface area contributed by atoms with Gasteiger partial charge in [0.25, 0.3) is 0 Å². The van der Waals surface area contributed by atoms with E-state index >= 15 is 0 Å². The molecule has 6 heteroatoms. The Bertz CT molecular complexity index is 530. The van der Waals surface area contributed by atoms with E-state index in [1.54, 1.807) is 19.5 Å². The number of benzene rings is 1. The van der Waals surface area contributed by atoms with Crippen LogP contribution in [0.15, 0.2) is 30.6 Å². The second kappa shape index (κ2) is 5.85. The number of rotatable bonds is 4. The van der Waals surface area contributed by atoms with Gasteiger partial charge in [-0.3, -0.25) is 0 Å². The summed E-state index contributed by atoms with van der Waals surface area (Å²) >= 11 is 2.16. The molecule has 0 saturated heterocycles. The number of methoxy groups -OCH3 is 1. The Morgan fingerprint density at radius 3 is 2.72 bits per heavy atom. The van der Waals surface area contributed by atoms with Crippen molar-refractivity contribution in [2.45, 2.75) is 6.54 Å². The van der Waals surface area contributed by atoms with Gasteiger partial charge in [-0.15, -0.1) is 0 Å². The Morgan fingerprint density at radius 1 is 1.33 bits per heavy atom. The number of nitrogens with zero attached hydrogens (tertiary/aromatic N) is 2. The molecule has 0 atom stereocenters. The van der Waals surface area contributed by atoms with Gasteiger partial charge in [0.1, 0.15) is 5.75 Å². The normalized spacial score (nSPS) is 10.1. The Kier molecular flexibility index (Phi) is 4.19. The lowest BCUT2D eigenvalue weighted by molar-refractivity contribution is 0.410. The van der Waals surface area contributed by atoms with Gasteiger partial charge >= 0.3 is 0 Å². The number of anilines is 2. The monoisotopic (exact) mass is 356 g/mol. The topological polar surface area (TPSA) is 73.1 Å². The van der Waals surface area contributed by atoms with Crippen LogP contribution in [0.5, 0.6) is 5.75 Å². The third kappa shape index (κ3) is 3.22. The third-order valence-electron chi connectivity index (χ3n) is 2.36. The molecule has 0 amide bonds. The zero-order valence-corrected chi connectivity index (χ0v) is 12.0. The van der Waals surface area contributed by atoms with E-state index in [9.17, 15) is 0 Å². The molecular formula is C12H13IN4O. The van der Waals surface area contributed by atoms with Gasteiger partial charge in [-0.1, -0.05) is 0 Å². The summed E-state index contributed by atoms with van der Waals surface area (Å²) in [6.45, 7) is 0.564. The van der Waals surface area contributed by atoms with E-state index in [0.29, 0.717) is 18.2 Å². The van der Waals surface area contributed by atoms with E-state index in [-0.39, 0.29) is 0 Å². The fourth-order valence-corrected chi connectivity index (χ4v) is 1.79. The van der Waals surface area contributed by atoms with E-state index in [1.165, 1.54) is 0 Å². The average Bonchev–Trinajstić information content (AvgIpc) is 2.38. The first-order valence-electron chi connectivity index (χ1n) is 5.33. The zero-order chi connectivity index (χ0) is 13.0. The minimum absolute atomic E-state index is 0.564. The maximum atomic E-state index is 5.76. The molecule has 0 aliphatic rings. The van der Waals surface area contributed by atoms with Crippen molar-refractivity contribution in [1.29, 1.82) is 0 Å². The molecule has 94 valence electrons. The highest BCUT2D eigenvalue weighted by Gasteiger charge is 2.04. The maximum absolute atomic E-state index is 5.76. The van der Waals surface area contributed by atoms with Gasteiger partial charge in [0.2, 0.25) is 5.95 Å². The zero-order valence-electron chi connectivity index (χ0n) is 9.85. The number of hydrogen-bond acceptors (Lipinski definition) is 5. The van der Waals surface area contributed by atoms with Crippen molar-refractivity contribution in [2.75, 3.05) is 18.2 Å². The third-order valence-corrected chi connectivity index (χ3v) is 2.92. The predicted octanol–water partition coefficient (Wildman–Crippen LogP) is 2.28. The SMILES string of the molecule is COc1ccc(N)cc1CNc1ncc(I)cn1. The fraction of sp³-hybridized carbons (Fsp3) is 0.167. The molecule has 1 heterocycles. The molecule has 0 aliphatic heterocycles. The second-order valence-electron chi connectivity index (χ2n) is 3.65. The maximum Gasteiger partial charge on any atom is 0.222 e. The number of nitrogens with two attached hydrogens (primary N) is 1. The van der Waals surface area contributed by atoms with Gasteiger partial charge in [-0.2, -0.15) is 0 Å². The highest BCUT2D eigenvalue weighted by molar-refractivity contribution is 14.1. The summed E-state index contributed by atoms with van der Waals surface area (Å²) in [5.74, 6) is 1.38. The molecule has 0 unspecified atom stereocenters. The number of halogens is 1. The molecule has 0 spiro atoms. The molecular weight excluding hydrogens is 343 g/mol. The van der Waals surface area contributed by atoms with Gasteiger partial charge in [-0.25, -0.2) is 9.97 Å². The largest absolute Gasteiger partial charge is 0.496 e. The van der Waals surface area contributed by atoms with Crippen molar-refractivity contribution in [2.24, 2.45) is 0 Å². The number of ether oxygens (including phenoxy) is 1. The number of hydrogen-bond donors (Lipinski definition) is 2. The minimum Gasteiger partial charge on any atom is -0.496 e. The van der Waals surface area contributed by atoms with Crippen molar-refractivity contribution in [1.82, 2.24) is 9.97 Å². The summed E-state index contributed by atoms with van der Waals surface area (Å²) in [6, 6.07) is 5.53. The number of aromatic nitrogens is 2. The molecule has 1 aromatic carbocycles. The number of nitrogen functional groups attached to an aromatic ring is 1. The van der Waals surface area contributed by atoms with E-state index in [4.69, 9.17) is 10.5 Å². The Balaban J connectivity index is 2.09. The van der Waals surface area contributed by atoms with Crippen LogP contribution >= 0.6 is 22.6 Å². The fourth-order valence-electron chi connectivity index (χ4n) is 1.51. The number of nitrogens with one attached hydrogen (secondary N) is 1. The second-order valence-corrected chi connectivity index (χ2v) is 4.90. The van der Waals surface area contributed by atoms with E-state index in [2.05, 4.69) is 37.9 Å². The summed E-state index contributed by atoms with van der Waals surface area (Å²) in [5.41, 5.74) is 7.43. The predicted molar refractivity (Wildman–Crippen MR) is 79.5 cm³/mol. The Hall–Kier alpha value is -1.57. The molecule has 0 aliphatic carbocycles. The lowest BCUT2D eigenvalue weighted by Gasteiger charge is -2.10. The van der Waals surface area contributed by atoms with Crippen LogP contribution in [0.1, 0.15) is 5.56 Å². The molecule has 0 bridgehead atoms. The van der Waals surface area contributed by atoms with Crippen LogP contribution in [0.2, 0.25) is 0 Å². The molecule has 5 nitrogen and oxygen atoms in total. The summed E-state index contributed by atoms with van der Waals surface area (Å²) < 4.78 is 6.27. The average molecular weight is 356 g/mol. The summed E-state index contributed by atoms with van der Waals surface area (Å²) in [6.07, 6.45) is 3.51. The lowest BCUT2D eigenvalue weighted by atomic mass is 10.2. The van der Waals surface area contributed by atoms with Crippen molar-refractivity contribution in [3.8, 4) is 5.75 Å². The van der Waals surface area contributed by atoms with Crippen molar-refractivity contribution in [3.63, 3.8) is 0 Å². The highest BCUT2D eigenvalue weighted by atomic mass is 127. The van der Waals surface area contributed by atoms with Crippen molar-refractivity contribution < 1.29 is 4.74 Å². The molecule has 1 aromatic heterocycles. The van der Waals surface area contributed by atoms with Gasteiger partial charge in [0.15, 0.2) is 0 Å².